The maximum atomic E-state index is 13.6. The molecular weight excluding hydrogens is 361 g/mol. The molecule has 2 rings (SSSR count). The van der Waals surface area contributed by atoms with E-state index in [4.69, 9.17) is 0 Å². The Bertz CT molecular complexity index is 654. The molecule has 1 aromatic rings. The summed E-state index contributed by atoms with van der Waals surface area (Å²) in [7, 11) is 0. The van der Waals surface area contributed by atoms with E-state index in [2.05, 4.69) is 29.2 Å². The molecule has 0 spiro atoms. The first kappa shape index (κ1) is 21.7. The second-order valence-corrected chi connectivity index (χ2v) is 7.40. The van der Waals surface area contributed by atoms with Gasteiger partial charge in [0.2, 0.25) is 0 Å². The van der Waals surface area contributed by atoms with Gasteiger partial charge in [-0.3, -0.25) is 14.4 Å². The van der Waals surface area contributed by atoms with E-state index < -0.39 is 29.4 Å². The van der Waals surface area contributed by atoms with E-state index in [1.54, 1.807) is 6.92 Å². The minimum atomic E-state index is -4.73. The van der Waals surface area contributed by atoms with Crippen molar-refractivity contribution in [2.45, 2.75) is 71.3 Å². The largest absolute Gasteiger partial charge is 0.435 e. The lowest BCUT2D eigenvalue weighted by Gasteiger charge is -2.35. The van der Waals surface area contributed by atoms with Crippen LogP contribution in [-0.4, -0.2) is 57.5 Å². The maximum absolute atomic E-state index is 13.6. The van der Waals surface area contributed by atoms with E-state index in [0.717, 1.165) is 19.4 Å². The van der Waals surface area contributed by atoms with E-state index in [1.807, 2.05) is 0 Å². The quantitative estimate of drug-likeness (QED) is 0.784. The van der Waals surface area contributed by atoms with Crippen molar-refractivity contribution in [2.24, 2.45) is 0 Å². The lowest BCUT2D eigenvalue weighted by Crippen LogP contribution is -2.41. The highest BCUT2D eigenvalue weighted by molar-refractivity contribution is 5.96. The number of halogens is 3. The predicted octanol–water partition coefficient (Wildman–Crippen LogP) is 2.76. The fraction of sp³-hybridized carbons (Fsp3) is 0.778. The predicted molar refractivity (Wildman–Crippen MR) is 95.6 cm³/mol. The third-order valence-corrected chi connectivity index (χ3v) is 5.20. The zero-order valence-electron chi connectivity index (χ0n) is 16.3. The van der Waals surface area contributed by atoms with Gasteiger partial charge in [-0.1, -0.05) is 6.92 Å². The molecule has 0 aromatic carbocycles. The van der Waals surface area contributed by atoms with Crippen LogP contribution >= 0.6 is 0 Å². The summed E-state index contributed by atoms with van der Waals surface area (Å²) in [5.41, 5.74) is -1.40. The summed E-state index contributed by atoms with van der Waals surface area (Å²) in [6.45, 7) is 8.53. The normalized spacial score (nSPS) is 20.1. The molecule has 0 bridgehead atoms. The number of aromatic nitrogens is 2. The lowest BCUT2D eigenvalue weighted by atomic mass is 10.0. The Morgan fingerprint density at radius 1 is 1.41 bits per heavy atom. The van der Waals surface area contributed by atoms with Crippen molar-refractivity contribution in [3.8, 4) is 0 Å². The standard InChI is InChI=1S/C18H29F3N4O2/c1-5-13(10-26)22-17(27)15-12(4)25(23-16(15)18(19,20)21)14-7-6-8-24(9-14)11(2)3/h11,13-14,26H,5-10H2,1-4H3,(H,22,27). The van der Waals surface area contributed by atoms with Crippen molar-refractivity contribution in [2.75, 3.05) is 19.7 Å². The van der Waals surface area contributed by atoms with E-state index in [1.165, 1.54) is 11.6 Å². The molecule has 1 aliphatic rings. The zero-order valence-corrected chi connectivity index (χ0v) is 16.3. The van der Waals surface area contributed by atoms with Crippen LogP contribution in [0.4, 0.5) is 13.2 Å². The smallest absolute Gasteiger partial charge is 0.394 e. The van der Waals surface area contributed by atoms with E-state index in [0.29, 0.717) is 19.0 Å². The van der Waals surface area contributed by atoms with Crippen LogP contribution < -0.4 is 5.32 Å². The van der Waals surface area contributed by atoms with Crippen LogP contribution in [-0.2, 0) is 6.18 Å². The summed E-state index contributed by atoms with van der Waals surface area (Å²) in [4.78, 5) is 14.8. The van der Waals surface area contributed by atoms with Gasteiger partial charge in [-0.05, 0) is 46.6 Å². The molecule has 1 fully saturated rings. The zero-order chi connectivity index (χ0) is 20.4. The molecule has 1 aliphatic heterocycles. The monoisotopic (exact) mass is 390 g/mol. The number of nitrogens with one attached hydrogen (secondary N) is 1. The van der Waals surface area contributed by atoms with Crippen LogP contribution in [0.5, 0.6) is 0 Å². The average Bonchev–Trinajstić information content (AvgIpc) is 2.97. The van der Waals surface area contributed by atoms with Gasteiger partial charge in [-0.15, -0.1) is 0 Å². The van der Waals surface area contributed by atoms with Crippen LogP contribution in [0.3, 0.4) is 0 Å². The van der Waals surface area contributed by atoms with Gasteiger partial charge in [0.25, 0.3) is 5.91 Å². The number of nitrogens with zero attached hydrogens (tertiary/aromatic N) is 3. The molecule has 2 N–H and O–H groups in total. The number of likely N-dealkylation sites (tertiary alicyclic amines) is 1. The van der Waals surface area contributed by atoms with Gasteiger partial charge in [0.1, 0.15) is 0 Å². The number of carbonyl (C=O) groups excluding carboxylic acids is 1. The van der Waals surface area contributed by atoms with Crippen LogP contribution in [0.25, 0.3) is 0 Å². The van der Waals surface area contributed by atoms with E-state index >= 15 is 0 Å². The molecule has 0 aliphatic carbocycles. The van der Waals surface area contributed by atoms with E-state index in [-0.39, 0.29) is 18.3 Å². The van der Waals surface area contributed by atoms with Gasteiger partial charge >= 0.3 is 6.18 Å². The van der Waals surface area contributed by atoms with Gasteiger partial charge < -0.3 is 10.4 Å². The molecule has 6 nitrogen and oxygen atoms in total. The molecule has 154 valence electrons. The molecular formula is C18H29F3N4O2. The maximum Gasteiger partial charge on any atom is 0.435 e. The molecule has 1 aromatic heterocycles. The first-order valence-electron chi connectivity index (χ1n) is 9.42. The molecule has 2 unspecified atom stereocenters. The van der Waals surface area contributed by atoms with Crippen molar-refractivity contribution >= 4 is 5.91 Å². The second kappa shape index (κ2) is 8.60. The number of alkyl halides is 3. The number of piperidine rings is 1. The molecule has 1 saturated heterocycles. The molecule has 0 saturated carbocycles. The summed E-state index contributed by atoms with van der Waals surface area (Å²) in [5.74, 6) is -0.844. The summed E-state index contributed by atoms with van der Waals surface area (Å²) >= 11 is 0. The number of hydrogen-bond acceptors (Lipinski definition) is 4. The SMILES string of the molecule is CCC(CO)NC(=O)c1c(C(F)(F)F)nn(C2CCCN(C(C)C)C2)c1C. The number of hydrogen-bond donors (Lipinski definition) is 2. The first-order valence-corrected chi connectivity index (χ1v) is 9.42. The van der Waals surface area contributed by atoms with Gasteiger partial charge in [0.15, 0.2) is 5.69 Å². The lowest BCUT2D eigenvalue weighted by molar-refractivity contribution is -0.142. The Labute approximate surface area is 157 Å². The molecule has 1 amide bonds. The third kappa shape index (κ3) is 4.82. The van der Waals surface area contributed by atoms with Crippen molar-refractivity contribution in [3.05, 3.63) is 17.0 Å². The van der Waals surface area contributed by atoms with Crippen molar-refractivity contribution in [1.29, 1.82) is 0 Å². The molecule has 2 heterocycles. The van der Waals surface area contributed by atoms with E-state index in [9.17, 15) is 23.1 Å². The van der Waals surface area contributed by atoms with Gasteiger partial charge in [0, 0.05) is 18.3 Å². The number of aliphatic hydroxyl groups excluding tert-OH is 1. The number of rotatable bonds is 6. The molecule has 2 atom stereocenters. The van der Waals surface area contributed by atoms with Gasteiger partial charge in [-0.2, -0.15) is 18.3 Å². The average molecular weight is 390 g/mol. The first-order chi connectivity index (χ1) is 12.6. The fourth-order valence-corrected chi connectivity index (χ4v) is 3.53. The van der Waals surface area contributed by atoms with Crippen LogP contribution in [0.1, 0.15) is 67.8 Å². The Morgan fingerprint density at radius 3 is 2.59 bits per heavy atom. The summed E-state index contributed by atoms with van der Waals surface area (Å²) in [6.07, 6.45) is -2.72. The van der Waals surface area contributed by atoms with Crippen LogP contribution in [0, 0.1) is 6.92 Å². The second-order valence-electron chi connectivity index (χ2n) is 7.40. The topological polar surface area (TPSA) is 70.4 Å². The minimum absolute atomic E-state index is 0.205. The summed E-state index contributed by atoms with van der Waals surface area (Å²) in [6, 6.07) is -0.501. The van der Waals surface area contributed by atoms with Gasteiger partial charge in [0.05, 0.1) is 24.3 Å². The Balaban J connectivity index is 2.40. The number of amides is 1. The van der Waals surface area contributed by atoms with Crippen molar-refractivity contribution < 1.29 is 23.1 Å². The van der Waals surface area contributed by atoms with Gasteiger partial charge in [-0.25, -0.2) is 0 Å². The Kier molecular flexibility index (Phi) is 6.91. The van der Waals surface area contributed by atoms with Crippen LogP contribution in [0.2, 0.25) is 0 Å². The summed E-state index contributed by atoms with van der Waals surface area (Å²) < 4.78 is 42.0. The highest BCUT2D eigenvalue weighted by Crippen LogP contribution is 2.35. The summed E-state index contributed by atoms with van der Waals surface area (Å²) in [5, 5.41) is 15.5. The number of aliphatic hydroxyl groups is 1. The molecule has 9 heteroatoms. The fourth-order valence-electron chi connectivity index (χ4n) is 3.53. The number of carbonyl (C=O) groups is 1. The highest BCUT2D eigenvalue weighted by Gasteiger charge is 2.42. The van der Waals surface area contributed by atoms with Crippen molar-refractivity contribution in [3.63, 3.8) is 0 Å². The third-order valence-electron chi connectivity index (χ3n) is 5.20. The molecule has 27 heavy (non-hydrogen) atoms. The molecule has 0 radical (unpaired) electrons. The highest BCUT2D eigenvalue weighted by atomic mass is 19.4. The Hall–Kier alpha value is -1.61. The van der Waals surface area contributed by atoms with Crippen molar-refractivity contribution in [1.82, 2.24) is 20.0 Å². The Morgan fingerprint density at radius 2 is 2.07 bits per heavy atom. The minimum Gasteiger partial charge on any atom is -0.394 e. The van der Waals surface area contributed by atoms with Crippen LogP contribution in [0.15, 0.2) is 0 Å².